The Morgan fingerprint density at radius 2 is 1.90 bits per heavy atom. The summed E-state index contributed by atoms with van der Waals surface area (Å²) in [6, 6.07) is 0. The Hall–Kier alpha value is -0.880. The third-order valence-corrected chi connectivity index (χ3v) is 5.48. The van der Waals surface area contributed by atoms with Crippen LogP contribution in [-0.2, 0) is 22.8 Å². The minimum atomic E-state index is -2.94. The highest BCUT2D eigenvalue weighted by Gasteiger charge is 2.13. The van der Waals surface area contributed by atoms with Crippen molar-refractivity contribution < 1.29 is 8.42 Å². The van der Waals surface area contributed by atoms with Crippen molar-refractivity contribution in [1.29, 1.82) is 0 Å². The molecule has 0 atom stereocenters. The van der Waals surface area contributed by atoms with Gasteiger partial charge in [0.25, 0.3) is 0 Å². The van der Waals surface area contributed by atoms with Gasteiger partial charge in [0, 0.05) is 11.4 Å². The number of hydrogen-bond acceptors (Lipinski definition) is 4. The maximum Gasteiger partial charge on any atom is 0.151 e. The van der Waals surface area contributed by atoms with Crippen LogP contribution in [0.15, 0.2) is 0 Å². The van der Waals surface area contributed by atoms with Gasteiger partial charge in [0.15, 0.2) is 9.84 Å². The van der Waals surface area contributed by atoms with E-state index < -0.39 is 9.84 Å². The molecule has 0 saturated carbocycles. The maximum absolute atomic E-state index is 11.6. The molecule has 0 fully saturated rings. The van der Waals surface area contributed by atoms with Crippen LogP contribution in [0.3, 0.4) is 0 Å². The van der Waals surface area contributed by atoms with Gasteiger partial charge < -0.3 is 5.32 Å². The second-order valence-electron chi connectivity index (χ2n) is 5.46. The number of rotatable bonds is 10. The highest BCUT2D eigenvalue weighted by molar-refractivity contribution is 7.91. The van der Waals surface area contributed by atoms with E-state index >= 15 is 0 Å². The Labute approximate surface area is 129 Å². The van der Waals surface area contributed by atoms with E-state index in [1.165, 1.54) is 5.56 Å². The smallest absolute Gasteiger partial charge is 0.151 e. The molecule has 0 aliphatic heterocycles. The van der Waals surface area contributed by atoms with Gasteiger partial charge in [-0.2, -0.15) is 5.10 Å². The van der Waals surface area contributed by atoms with Crippen molar-refractivity contribution in [1.82, 2.24) is 15.1 Å². The van der Waals surface area contributed by atoms with E-state index in [2.05, 4.69) is 17.3 Å². The first-order chi connectivity index (χ1) is 9.91. The standard InChI is InChI=1S/C15H29N3O2S/c1-5-9-16-10-7-8-15-13(3)17-18(14(15)4)11-12-21(19,20)6-2/h16H,5-12H2,1-4H3. The normalized spacial score (nSPS) is 12.0. The second-order valence-corrected chi connectivity index (χ2v) is 7.94. The molecule has 0 saturated heterocycles. The van der Waals surface area contributed by atoms with E-state index in [1.807, 2.05) is 18.5 Å². The molecular formula is C15H29N3O2S. The number of sulfone groups is 1. The summed E-state index contributed by atoms with van der Waals surface area (Å²) in [4.78, 5) is 0. The number of nitrogens with zero attached hydrogens (tertiary/aromatic N) is 2. The van der Waals surface area contributed by atoms with Gasteiger partial charge in [-0.05, 0) is 51.8 Å². The fourth-order valence-electron chi connectivity index (χ4n) is 2.38. The molecule has 0 aromatic carbocycles. The van der Waals surface area contributed by atoms with Crippen molar-refractivity contribution in [3.63, 3.8) is 0 Å². The minimum absolute atomic E-state index is 0.170. The van der Waals surface area contributed by atoms with Gasteiger partial charge in [-0.1, -0.05) is 13.8 Å². The van der Waals surface area contributed by atoms with Gasteiger partial charge in [-0.15, -0.1) is 0 Å². The molecule has 1 rings (SSSR count). The number of aryl methyl sites for hydroxylation is 2. The van der Waals surface area contributed by atoms with Crippen LogP contribution in [0.1, 0.15) is 43.6 Å². The van der Waals surface area contributed by atoms with Crippen LogP contribution in [0.4, 0.5) is 0 Å². The molecule has 21 heavy (non-hydrogen) atoms. The van der Waals surface area contributed by atoms with E-state index in [0.717, 1.165) is 43.7 Å². The van der Waals surface area contributed by atoms with E-state index in [1.54, 1.807) is 6.92 Å². The van der Waals surface area contributed by atoms with Gasteiger partial charge in [0.05, 0.1) is 18.0 Å². The number of nitrogens with one attached hydrogen (secondary N) is 1. The summed E-state index contributed by atoms with van der Waals surface area (Å²) in [5, 5.41) is 7.89. The molecule has 6 heteroatoms. The van der Waals surface area contributed by atoms with Gasteiger partial charge in [-0.25, -0.2) is 8.42 Å². The van der Waals surface area contributed by atoms with E-state index in [9.17, 15) is 8.42 Å². The van der Waals surface area contributed by atoms with Gasteiger partial charge in [-0.3, -0.25) is 4.68 Å². The summed E-state index contributed by atoms with van der Waals surface area (Å²) in [6.07, 6.45) is 3.23. The van der Waals surface area contributed by atoms with Crippen molar-refractivity contribution in [3.05, 3.63) is 17.0 Å². The van der Waals surface area contributed by atoms with Crippen LogP contribution < -0.4 is 5.32 Å². The number of hydrogen-bond donors (Lipinski definition) is 1. The molecule has 0 aliphatic carbocycles. The lowest BCUT2D eigenvalue weighted by molar-refractivity contribution is 0.577. The monoisotopic (exact) mass is 315 g/mol. The van der Waals surface area contributed by atoms with Crippen molar-refractivity contribution in [2.24, 2.45) is 0 Å². The highest BCUT2D eigenvalue weighted by Crippen LogP contribution is 2.15. The Morgan fingerprint density at radius 3 is 2.52 bits per heavy atom. The zero-order valence-corrected chi connectivity index (χ0v) is 14.6. The SMILES string of the molecule is CCCNCCCc1c(C)nn(CCS(=O)(=O)CC)c1C. The molecule has 122 valence electrons. The molecule has 1 aromatic rings. The molecule has 0 amide bonds. The Balaban J connectivity index is 2.59. The van der Waals surface area contributed by atoms with Crippen molar-refractivity contribution >= 4 is 9.84 Å². The quantitative estimate of drug-likeness (QED) is 0.670. The van der Waals surface area contributed by atoms with Crippen LogP contribution in [0, 0.1) is 13.8 Å². The third-order valence-electron chi connectivity index (χ3n) is 3.79. The van der Waals surface area contributed by atoms with Gasteiger partial charge in [0.1, 0.15) is 0 Å². The van der Waals surface area contributed by atoms with E-state index in [4.69, 9.17) is 0 Å². The molecule has 0 bridgehead atoms. The predicted molar refractivity (Wildman–Crippen MR) is 87.5 cm³/mol. The highest BCUT2D eigenvalue weighted by atomic mass is 32.2. The summed E-state index contributed by atoms with van der Waals surface area (Å²) in [6.45, 7) is 10.4. The lowest BCUT2D eigenvalue weighted by Crippen LogP contribution is -2.17. The molecule has 0 radical (unpaired) electrons. The summed E-state index contributed by atoms with van der Waals surface area (Å²) in [5.74, 6) is 0.366. The Kier molecular flexibility index (Phi) is 7.39. The molecule has 1 aromatic heterocycles. The maximum atomic E-state index is 11.6. The van der Waals surface area contributed by atoms with Crippen LogP contribution >= 0.6 is 0 Å². The van der Waals surface area contributed by atoms with Crippen LogP contribution in [0.2, 0.25) is 0 Å². The first kappa shape index (κ1) is 18.2. The molecular weight excluding hydrogens is 286 g/mol. The molecule has 5 nitrogen and oxygen atoms in total. The third kappa shape index (κ3) is 5.79. The summed E-state index contributed by atoms with van der Waals surface area (Å²) in [7, 11) is -2.94. The summed E-state index contributed by atoms with van der Waals surface area (Å²) < 4.78 is 25.0. The zero-order chi connectivity index (χ0) is 15.9. The van der Waals surface area contributed by atoms with Crippen molar-refractivity contribution in [2.75, 3.05) is 24.6 Å². The zero-order valence-electron chi connectivity index (χ0n) is 13.8. The molecule has 0 spiro atoms. The lowest BCUT2D eigenvalue weighted by Gasteiger charge is -2.06. The number of aromatic nitrogens is 2. The first-order valence-corrected chi connectivity index (χ1v) is 9.67. The van der Waals surface area contributed by atoms with E-state index in [0.29, 0.717) is 6.54 Å². The van der Waals surface area contributed by atoms with Crippen LogP contribution in [-0.4, -0.2) is 42.8 Å². The molecule has 0 aliphatic rings. The molecule has 1 heterocycles. The fourth-order valence-corrected chi connectivity index (χ4v) is 3.12. The first-order valence-electron chi connectivity index (χ1n) is 7.85. The fraction of sp³-hybridized carbons (Fsp3) is 0.800. The van der Waals surface area contributed by atoms with E-state index in [-0.39, 0.29) is 11.5 Å². The lowest BCUT2D eigenvalue weighted by atomic mass is 10.1. The van der Waals surface area contributed by atoms with Gasteiger partial charge in [0.2, 0.25) is 0 Å². The average Bonchev–Trinajstić information content (AvgIpc) is 2.72. The average molecular weight is 315 g/mol. The Bertz CT molecular complexity index is 535. The Morgan fingerprint density at radius 1 is 1.19 bits per heavy atom. The van der Waals surface area contributed by atoms with Crippen molar-refractivity contribution in [3.8, 4) is 0 Å². The predicted octanol–water partition coefficient (Wildman–Crippen LogP) is 1.87. The largest absolute Gasteiger partial charge is 0.317 e. The molecule has 0 unspecified atom stereocenters. The molecule has 1 N–H and O–H groups in total. The second kappa shape index (κ2) is 8.54. The topological polar surface area (TPSA) is 64.0 Å². The minimum Gasteiger partial charge on any atom is -0.317 e. The van der Waals surface area contributed by atoms with Crippen LogP contribution in [0.25, 0.3) is 0 Å². The van der Waals surface area contributed by atoms with Crippen LogP contribution in [0.5, 0.6) is 0 Å². The summed E-state index contributed by atoms with van der Waals surface area (Å²) in [5.41, 5.74) is 3.40. The van der Waals surface area contributed by atoms with Gasteiger partial charge >= 0.3 is 0 Å². The van der Waals surface area contributed by atoms with Crippen molar-refractivity contribution in [2.45, 2.75) is 53.5 Å². The summed E-state index contributed by atoms with van der Waals surface area (Å²) >= 11 is 0.